The van der Waals surface area contributed by atoms with Gasteiger partial charge in [0, 0.05) is 34.7 Å². The molecule has 5 nitrogen and oxygen atoms in total. The van der Waals surface area contributed by atoms with E-state index in [2.05, 4.69) is 9.88 Å². The fourth-order valence-corrected chi connectivity index (χ4v) is 5.19. The zero-order valence-corrected chi connectivity index (χ0v) is 19.7. The maximum absolute atomic E-state index is 14.2. The first-order valence-electron chi connectivity index (χ1n) is 11.7. The molecule has 2 N–H and O–H groups in total. The number of hydrogen-bond acceptors (Lipinski definition) is 3. The van der Waals surface area contributed by atoms with Crippen molar-refractivity contribution in [2.45, 2.75) is 57.0 Å². The van der Waals surface area contributed by atoms with Crippen LogP contribution in [0.3, 0.4) is 0 Å². The van der Waals surface area contributed by atoms with Crippen LogP contribution in [-0.4, -0.2) is 46.2 Å². The highest BCUT2D eigenvalue weighted by Gasteiger charge is 2.35. The molecule has 5 rings (SSSR count). The lowest BCUT2D eigenvalue weighted by atomic mass is 9.87. The molecule has 0 spiro atoms. The highest BCUT2D eigenvalue weighted by molar-refractivity contribution is 5.90. The van der Waals surface area contributed by atoms with Crippen molar-refractivity contribution < 1.29 is 23.4 Å². The van der Waals surface area contributed by atoms with Crippen molar-refractivity contribution >= 4 is 29.3 Å². The third-order valence-corrected chi connectivity index (χ3v) is 7.16. The Balaban J connectivity index is 0.00000274. The Kier molecular flexibility index (Phi) is 7.43. The lowest BCUT2D eigenvalue weighted by molar-refractivity contribution is 0.0412. The van der Waals surface area contributed by atoms with Crippen molar-refractivity contribution in [1.29, 1.82) is 0 Å². The summed E-state index contributed by atoms with van der Waals surface area (Å²) in [5.74, 6) is -1.69. The standard InChI is InChI=1S/C26H28F2N2O3.ClH/c27-17-7-10-24-21(12-17)16(14-29-24)4-1-2-11-30(18-5-3-6-18)19-13-22-20(26(31)32)8-9-23(28)25(22)33-15-19;/h7-10,12,14,18-19,29H,1-6,11,13,15H2,(H,31,32);1H/t19-;/m0./s1. The Bertz CT molecular complexity index is 1180. The minimum Gasteiger partial charge on any atom is -0.489 e. The number of fused-ring (bicyclic) bond motifs is 2. The van der Waals surface area contributed by atoms with E-state index in [0.717, 1.165) is 55.1 Å². The number of benzene rings is 2. The van der Waals surface area contributed by atoms with Gasteiger partial charge in [-0.25, -0.2) is 13.6 Å². The molecular formula is C26H29ClF2N2O3. The Labute approximate surface area is 203 Å². The van der Waals surface area contributed by atoms with Gasteiger partial charge in [0.15, 0.2) is 11.6 Å². The minimum atomic E-state index is -1.05. The Hall–Kier alpha value is -2.64. The van der Waals surface area contributed by atoms with E-state index in [9.17, 15) is 18.7 Å². The zero-order valence-electron chi connectivity index (χ0n) is 18.9. The second-order valence-corrected chi connectivity index (χ2v) is 9.16. The number of ether oxygens (including phenoxy) is 1. The summed E-state index contributed by atoms with van der Waals surface area (Å²) in [5.41, 5.74) is 2.65. The summed E-state index contributed by atoms with van der Waals surface area (Å²) in [5, 5.41) is 10.5. The topological polar surface area (TPSA) is 65.6 Å². The van der Waals surface area contributed by atoms with E-state index in [-0.39, 0.29) is 35.6 Å². The summed E-state index contributed by atoms with van der Waals surface area (Å²) in [4.78, 5) is 17.3. The van der Waals surface area contributed by atoms with Gasteiger partial charge in [0.25, 0.3) is 0 Å². The predicted molar refractivity (Wildman–Crippen MR) is 129 cm³/mol. The van der Waals surface area contributed by atoms with Crippen LogP contribution in [0.25, 0.3) is 10.9 Å². The van der Waals surface area contributed by atoms with Crippen molar-refractivity contribution in [3.05, 3.63) is 64.9 Å². The monoisotopic (exact) mass is 490 g/mol. The van der Waals surface area contributed by atoms with Crippen LogP contribution in [0.15, 0.2) is 36.5 Å². The van der Waals surface area contributed by atoms with Gasteiger partial charge in [-0.1, -0.05) is 6.42 Å². The molecule has 1 aromatic heterocycles. The van der Waals surface area contributed by atoms with Crippen LogP contribution < -0.4 is 4.74 Å². The molecule has 2 heterocycles. The third kappa shape index (κ3) is 4.77. The van der Waals surface area contributed by atoms with E-state index in [4.69, 9.17) is 4.74 Å². The number of hydrogen-bond donors (Lipinski definition) is 2. The number of rotatable bonds is 8. The van der Waals surface area contributed by atoms with Crippen LogP contribution in [0.4, 0.5) is 8.78 Å². The van der Waals surface area contributed by atoms with Crippen molar-refractivity contribution in [2.24, 2.45) is 0 Å². The smallest absolute Gasteiger partial charge is 0.336 e. The summed E-state index contributed by atoms with van der Waals surface area (Å²) in [6, 6.07) is 7.81. The maximum Gasteiger partial charge on any atom is 0.336 e. The van der Waals surface area contributed by atoms with E-state index >= 15 is 0 Å². The summed E-state index contributed by atoms with van der Waals surface area (Å²) < 4.78 is 33.6. The largest absolute Gasteiger partial charge is 0.489 e. The summed E-state index contributed by atoms with van der Waals surface area (Å²) >= 11 is 0. The molecule has 1 fully saturated rings. The average molecular weight is 491 g/mol. The molecule has 8 heteroatoms. The number of aromatic amines is 1. The molecule has 1 aliphatic heterocycles. The molecule has 34 heavy (non-hydrogen) atoms. The van der Waals surface area contributed by atoms with E-state index in [1.807, 2.05) is 6.20 Å². The van der Waals surface area contributed by atoms with Gasteiger partial charge in [-0.05, 0) is 81.0 Å². The molecule has 2 aliphatic rings. The van der Waals surface area contributed by atoms with Crippen LogP contribution in [0, 0.1) is 11.6 Å². The number of aromatic nitrogens is 1. The summed E-state index contributed by atoms with van der Waals surface area (Å²) in [7, 11) is 0. The Morgan fingerprint density at radius 1 is 1.15 bits per heavy atom. The van der Waals surface area contributed by atoms with Crippen LogP contribution in [0.5, 0.6) is 5.75 Å². The summed E-state index contributed by atoms with van der Waals surface area (Å²) in [6.45, 7) is 1.24. The number of nitrogens with zero attached hydrogens (tertiary/aromatic N) is 1. The highest BCUT2D eigenvalue weighted by atomic mass is 35.5. The number of unbranched alkanes of at least 4 members (excludes halogenated alkanes) is 1. The first kappa shape index (κ1) is 24.5. The SMILES string of the molecule is Cl.O=C(O)c1ccc(F)c2c1C[C@H](N(CCCCc1c[nH]c3ccc(F)cc13)C1CCC1)CO2. The number of H-pyrrole nitrogens is 1. The van der Waals surface area contributed by atoms with Crippen molar-refractivity contribution in [3.63, 3.8) is 0 Å². The van der Waals surface area contributed by atoms with Crippen molar-refractivity contribution in [2.75, 3.05) is 13.2 Å². The molecule has 2 aromatic carbocycles. The number of carboxylic acid groups (broad SMARTS) is 1. The van der Waals surface area contributed by atoms with Gasteiger partial charge >= 0.3 is 5.97 Å². The minimum absolute atomic E-state index is 0. The fraction of sp³-hybridized carbons (Fsp3) is 0.423. The Morgan fingerprint density at radius 2 is 1.97 bits per heavy atom. The van der Waals surface area contributed by atoms with Crippen LogP contribution in [0.2, 0.25) is 0 Å². The van der Waals surface area contributed by atoms with Crippen molar-refractivity contribution in [3.8, 4) is 5.75 Å². The van der Waals surface area contributed by atoms with Crippen LogP contribution in [-0.2, 0) is 12.8 Å². The second kappa shape index (κ2) is 10.3. The van der Waals surface area contributed by atoms with E-state index in [0.29, 0.717) is 24.6 Å². The van der Waals surface area contributed by atoms with Gasteiger partial charge in [-0.2, -0.15) is 0 Å². The van der Waals surface area contributed by atoms with Gasteiger partial charge in [0.05, 0.1) is 5.56 Å². The first-order chi connectivity index (χ1) is 16.0. The molecule has 182 valence electrons. The van der Waals surface area contributed by atoms with Crippen molar-refractivity contribution in [1.82, 2.24) is 9.88 Å². The molecule has 1 aliphatic carbocycles. The lowest BCUT2D eigenvalue weighted by Gasteiger charge is -2.44. The van der Waals surface area contributed by atoms with E-state index in [1.54, 1.807) is 12.1 Å². The molecule has 1 atom stereocenters. The number of aromatic carboxylic acids is 1. The number of carboxylic acids is 1. The van der Waals surface area contributed by atoms with Gasteiger partial charge in [0.2, 0.25) is 0 Å². The van der Waals surface area contributed by atoms with Gasteiger partial charge in [0.1, 0.15) is 12.4 Å². The zero-order chi connectivity index (χ0) is 22.9. The van der Waals surface area contributed by atoms with Crippen LogP contribution >= 0.6 is 12.4 Å². The third-order valence-electron chi connectivity index (χ3n) is 7.16. The molecule has 0 bridgehead atoms. The average Bonchev–Trinajstić information content (AvgIpc) is 3.16. The highest BCUT2D eigenvalue weighted by Crippen LogP contribution is 2.35. The van der Waals surface area contributed by atoms with Gasteiger partial charge in [-0.3, -0.25) is 4.90 Å². The first-order valence-corrected chi connectivity index (χ1v) is 11.7. The molecule has 1 saturated carbocycles. The fourth-order valence-electron chi connectivity index (χ4n) is 5.19. The molecular weight excluding hydrogens is 462 g/mol. The van der Waals surface area contributed by atoms with E-state index in [1.165, 1.54) is 24.6 Å². The molecule has 0 unspecified atom stereocenters. The molecule has 3 aromatic rings. The Morgan fingerprint density at radius 3 is 2.71 bits per heavy atom. The number of carbonyl (C=O) groups is 1. The number of aryl methyl sites for hydroxylation is 1. The number of halogens is 3. The molecule has 0 saturated heterocycles. The predicted octanol–water partition coefficient (Wildman–Crippen LogP) is 5.75. The lowest BCUT2D eigenvalue weighted by Crippen LogP contribution is -2.51. The van der Waals surface area contributed by atoms with Gasteiger partial charge < -0.3 is 14.8 Å². The van der Waals surface area contributed by atoms with Gasteiger partial charge in [-0.15, -0.1) is 12.4 Å². The normalized spacial score (nSPS) is 17.7. The number of nitrogens with one attached hydrogen (secondary N) is 1. The quantitative estimate of drug-likeness (QED) is 0.395. The summed E-state index contributed by atoms with van der Waals surface area (Å²) in [6.07, 6.45) is 8.68. The second-order valence-electron chi connectivity index (χ2n) is 9.16. The molecule has 0 amide bonds. The van der Waals surface area contributed by atoms with Crippen LogP contribution in [0.1, 0.15) is 53.6 Å². The molecule has 0 radical (unpaired) electrons. The van der Waals surface area contributed by atoms with E-state index < -0.39 is 11.8 Å². The maximum atomic E-state index is 14.2.